The van der Waals surface area contributed by atoms with Crippen LogP contribution in [-0.2, 0) is 0 Å². The summed E-state index contributed by atoms with van der Waals surface area (Å²) in [5.74, 6) is 2.56. The lowest BCUT2D eigenvalue weighted by molar-refractivity contribution is 0.551. The summed E-state index contributed by atoms with van der Waals surface area (Å²) >= 11 is 0. The molecule has 0 nitrogen and oxygen atoms in total. The van der Waals surface area contributed by atoms with Gasteiger partial charge in [-0.2, -0.15) is 0 Å². The lowest BCUT2D eigenvalue weighted by atomic mass is 9.94. The van der Waals surface area contributed by atoms with Crippen LogP contribution in [0.5, 0.6) is 0 Å². The molecule has 0 amide bonds. The molecule has 0 saturated heterocycles. The van der Waals surface area contributed by atoms with Gasteiger partial charge in [-0.25, -0.2) is 0 Å². The van der Waals surface area contributed by atoms with Crippen LogP contribution in [0.4, 0.5) is 0 Å². The lowest BCUT2D eigenvalue weighted by Gasteiger charge is -2.11. The normalized spacial score (nSPS) is 35.2. The first kappa shape index (κ1) is 9.09. The molecule has 0 aromatic rings. The van der Waals surface area contributed by atoms with Crippen molar-refractivity contribution >= 4 is 0 Å². The number of fused-ring (bicyclic) bond motifs is 2. The van der Waals surface area contributed by atoms with Gasteiger partial charge in [0.2, 0.25) is 0 Å². The highest BCUT2D eigenvalue weighted by Gasteiger charge is 2.33. The molecule has 3 unspecified atom stereocenters. The highest BCUT2D eigenvalue weighted by atomic mass is 14.4. The number of hydrogen-bond acceptors (Lipinski definition) is 0. The Hall–Kier alpha value is -1.00. The zero-order valence-electron chi connectivity index (χ0n) is 7.50. The van der Waals surface area contributed by atoms with Gasteiger partial charge in [-0.15, -0.1) is 12.3 Å². The van der Waals surface area contributed by atoms with Gasteiger partial charge >= 0.3 is 0 Å². The van der Waals surface area contributed by atoms with Crippen molar-refractivity contribution in [1.29, 1.82) is 0 Å². The molecule has 12 heavy (non-hydrogen) atoms. The summed E-state index contributed by atoms with van der Waals surface area (Å²) in [5, 5.41) is 0. The van der Waals surface area contributed by atoms with Gasteiger partial charge in [-0.1, -0.05) is 31.4 Å². The number of hydrogen-bond donors (Lipinski definition) is 0. The minimum Gasteiger partial charge on any atom is -0.137 e. The molecule has 64 valence electrons. The van der Waals surface area contributed by atoms with E-state index >= 15 is 0 Å². The van der Waals surface area contributed by atoms with E-state index in [2.05, 4.69) is 43.7 Å². The molecule has 2 rings (SSSR count). The first-order valence-corrected chi connectivity index (χ1v) is 4.42. The van der Waals surface area contributed by atoms with Crippen LogP contribution in [0.2, 0.25) is 0 Å². The fourth-order valence-corrected chi connectivity index (χ4v) is 2.09. The van der Waals surface area contributed by atoms with E-state index in [1.54, 1.807) is 0 Å². The topological polar surface area (TPSA) is 0 Å². The quantitative estimate of drug-likeness (QED) is 0.407. The molecule has 0 radical (unpaired) electrons. The van der Waals surface area contributed by atoms with Gasteiger partial charge < -0.3 is 0 Å². The molecule has 0 N–H and O–H groups in total. The third-order valence-electron chi connectivity index (χ3n) is 2.63. The molecule has 2 aliphatic rings. The number of allylic oxidation sites excluding steroid dienone is 3. The van der Waals surface area contributed by atoms with E-state index in [9.17, 15) is 0 Å². The van der Waals surface area contributed by atoms with Crippen LogP contribution in [0.15, 0.2) is 43.7 Å². The van der Waals surface area contributed by atoms with Gasteiger partial charge in [0.25, 0.3) is 0 Å². The Bertz CT molecular complexity index is 216. The Morgan fingerprint density at radius 3 is 2.17 bits per heavy atom. The van der Waals surface area contributed by atoms with Crippen LogP contribution in [0.3, 0.4) is 0 Å². The predicted octanol–water partition coefficient (Wildman–Crippen LogP) is 3.34. The van der Waals surface area contributed by atoms with Crippen LogP contribution < -0.4 is 0 Å². The van der Waals surface area contributed by atoms with E-state index in [0.717, 1.165) is 17.8 Å². The standard InChI is InChI=1S/C9H12.C3H4/c1-2-8-5-7-3-4-9(8)6-7;1-3-2/h2-4,7-9H,1,5-6H2;1-2H2. The maximum absolute atomic E-state index is 3.83. The summed E-state index contributed by atoms with van der Waals surface area (Å²) in [6, 6.07) is 0. The second kappa shape index (κ2) is 4.13. The summed E-state index contributed by atoms with van der Waals surface area (Å²) in [6.07, 6.45) is 9.61. The van der Waals surface area contributed by atoms with E-state index in [1.165, 1.54) is 12.8 Å². The van der Waals surface area contributed by atoms with E-state index in [-0.39, 0.29) is 0 Å². The van der Waals surface area contributed by atoms with E-state index < -0.39 is 0 Å². The minimum absolute atomic E-state index is 0.806. The van der Waals surface area contributed by atoms with Crippen LogP contribution >= 0.6 is 0 Å². The third-order valence-corrected chi connectivity index (χ3v) is 2.63. The van der Waals surface area contributed by atoms with Gasteiger partial charge in [0.15, 0.2) is 0 Å². The highest BCUT2D eigenvalue weighted by molar-refractivity contribution is 5.13. The molecule has 0 aromatic heterocycles. The van der Waals surface area contributed by atoms with E-state index in [4.69, 9.17) is 0 Å². The smallest absolute Gasteiger partial charge is 0.0165 e. The fourth-order valence-electron chi connectivity index (χ4n) is 2.09. The molecule has 0 heteroatoms. The Morgan fingerprint density at radius 2 is 1.92 bits per heavy atom. The van der Waals surface area contributed by atoms with Gasteiger partial charge in [0.1, 0.15) is 0 Å². The molecular formula is C12H16. The molecule has 0 aliphatic heterocycles. The molecule has 1 fully saturated rings. The molecule has 2 bridgehead atoms. The van der Waals surface area contributed by atoms with Crippen molar-refractivity contribution < 1.29 is 0 Å². The van der Waals surface area contributed by atoms with Crippen LogP contribution in [0.1, 0.15) is 12.8 Å². The average Bonchev–Trinajstić information content (AvgIpc) is 2.65. The van der Waals surface area contributed by atoms with Gasteiger partial charge in [-0.3, -0.25) is 0 Å². The largest absolute Gasteiger partial charge is 0.137 e. The van der Waals surface area contributed by atoms with Crippen molar-refractivity contribution in [2.45, 2.75) is 12.8 Å². The van der Waals surface area contributed by atoms with E-state index in [0.29, 0.717) is 0 Å². The van der Waals surface area contributed by atoms with Gasteiger partial charge in [0, 0.05) is 0 Å². The first-order valence-electron chi connectivity index (χ1n) is 4.42. The van der Waals surface area contributed by atoms with Gasteiger partial charge in [0.05, 0.1) is 0 Å². The second-order valence-electron chi connectivity index (χ2n) is 3.43. The number of rotatable bonds is 1. The van der Waals surface area contributed by atoms with Gasteiger partial charge in [-0.05, 0) is 30.6 Å². The second-order valence-corrected chi connectivity index (χ2v) is 3.43. The maximum atomic E-state index is 3.83. The van der Waals surface area contributed by atoms with Crippen molar-refractivity contribution in [3.8, 4) is 0 Å². The Balaban J connectivity index is 0.000000213. The third kappa shape index (κ3) is 1.78. The summed E-state index contributed by atoms with van der Waals surface area (Å²) in [4.78, 5) is 0. The van der Waals surface area contributed by atoms with Crippen molar-refractivity contribution in [1.82, 2.24) is 0 Å². The minimum atomic E-state index is 0.806. The van der Waals surface area contributed by atoms with Crippen molar-refractivity contribution in [3.05, 3.63) is 43.7 Å². The Morgan fingerprint density at radius 1 is 1.25 bits per heavy atom. The van der Waals surface area contributed by atoms with Crippen molar-refractivity contribution in [2.24, 2.45) is 17.8 Å². The van der Waals surface area contributed by atoms with Crippen molar-refractivity contribution in [2.75, 3.05) is 0 Å². The first-order chi connectivity index (χ1) is 5.81. The van der Waals surface area contributed by atoms with E-state index in [1.807, 2.05) is 0 Å². The van der Waals surface area contributed by atoms with Crippen LogP contribution in [-0.4, -0.2) is 0 Å². The monoisotopic (exact) mass is 160 g/mol. The SMILES string of the molecule is C=C=C.C=CC1CC2C=CC1C2. The molecular weight excluding hydrogens is 144 g/mol. The zero-order chi connectivity index (χ0) is 8.97. The van der Waals surface area contributed by atoms with Crippen LogP contribution in [0.25, 0.3) is 0 Å². The highest BCUT2D eigenvalue weighted by Crippen LogP contribution is 2.43. The molecule has 0 aromatic carbocycles. The predicted molar refractivity (Wildman–Crippen MR) is 53.8 cm³/mol. The molecule has 0 spiro atoms. The van der Waals surface area contributed by atoms with Crippen LogP contribution in [0, 0.1) is 17.8 Å². The zero-order valence-corrected chi connectivity index (χ0v) is 7.50. The summed E-state index contributed by atoms with van der Waals surface area (Å²) in [5.41, 5.74) is 2.25. The Labute approximate surface area is 75.0 Å². The average molecular weight is 160 g/mol. The Kier molecular flexibility index (Phi) is 3.13. The lowest BCUT2D eigenvalue weighted by Crippen LogP contribution is -2.01. The molecule has 0 heterocycles. The van der Waals surface area contributed by atoms with Crippen molar-refractivity contribution in [3.63, 3.8) is 0 Å². The maximum Gasteiger partial charge on any atom is -0.0165 e. The molecule has 2 aliphatic carbocycles. The fraction of sp³-hybridized carbons (Fsp3) is 0.417. The summed E-state index contributed by atoms with van der Waals surface area (Å²) in [6.45, 7) is 10.1. The molecule has 1 saturated carbocycles. The molecule has 3 atom stereocenters. The summed E-state index contributed by atoms with van der Waals surface area (Å²) in [7, 11) is 0. The summed E-state index contributed by atoms with van der Waals surface area (Å²) < 4.78 is 0.